The molecule has 6 nitrogen and oxygen atoms in total. The van der Waals surface area contributed by atoms with Gasteiger partial charge in [-0.1, -0.05) is 24.3 Å². The molecule has 2 aromatic carbocycles. The molecule has 0 radical (unpaired) electrons. The number of anilines is 1. The third-order valence-electron chi connectivity index (χ3n) is 5.81. The maximum Gasteiger partial charge on any atom is 0.294 e. The van der Waals surface area contributed by atoms with Crippen LogP contribution < -0.4 is 10.3 Å². The number of aryl methyl sites for hydroxylation is 2. The van der Waals surface area contributed by atoms with Crippen molar-refractivity contribution in [2.24, 2.45) is 5.10 Å². The van der Waals surface area contributed by atoms with E-state index in [1.165, 1.54) is 18.2 Å². The van der Waals surface area contributed by atoms with E-state index < -0.39 is 11.7 Å². The number of fused-ring (bicyclic) bond motifs is 1. The van der Waals surface area contributed by atoms with E-state index in [-0.39, 0.29) is 17.2 Å². The van der Waals surface area contributed by atoms with E-state index in [2.05, 4.69) is 10.5 Å². The van der Waals surface area contributed by atoms with Gasteiger partial charge < -0.3 is 9.32 Å². The molecule has 4 rings (SSSR count). The number of benzene rings is 2. The van der Waals surface area contributed by atoms with Crippen LogP contribution in [0.1, 0.15) is 63.1 Å². The summed E-state index contributed by atoms with van der Waals surface area (Å²) < 4.78 is 19.9. The average molecular weight is 448 g/mol. The molecule has 0 unspecified atom stereocenters. The van der Waals surface area contributed by atoms with Crippen molar-refractivity contribution < 1.29 is 18.4 Å². The Labute approximate surface area is 192 Å². The van der Waals surface area contributed by atoms with Crippen LogP contribution in [0.25, 0.3) is 0 Å². The minimum atomic E-state index is -0.623. The summed E-state index contributed by atoms with van der Waals surface area (Å²) in [7, 11) is 0. The zero-order chi connectivity index (χ0) is 23.5. The highest BCUT2D eigenvalue weighted by Crippen LogP contribution is 2.31. The van der Waals surface area contributed by atoms with Crippen LogP contribution in [-0.4, -0.2) is 24.1 Å². The molecular weight excluding hydrogens is 421 g/mol. The summed E-state index contributed by atoms with van der Waals surface area (Å²) in [5.74, 6) is -0.492. The van der Waals surface area contributed by atoms with Gasteiger partial charge in [0.1, 0.15) is 11.6 Å². The van der Waals surface area contributed by atoms with Crippen molar-refractivity contribution in [2.45, 2.75) is 40.0 Å². The summed E-state index contributed by atoms with van der Waals surface area (Å²) in [5, 5.41) is 4.28. The van der Waals surface area contributed by atoms with Gasteiger partial charge in [-0.2, -0.15) is 5.10 Å². The fourth-order valence-electron chi connectivity index (χ4n) is 4.17. The number of hydrogen-bond donors (Lipinski definition) is 1. The summed E-state index contributed by atoms with van der Waals surface area (Å²) in [6.45, 7) is 6.23. The minimum Gasteiger partial charge on any atom is -0.455 e. The van der Waals surface area contributed by atoms with Crippen molar-refractivity contribution in [3.05, 3.63) is 88.1 Å². The minimum absolute atomic E-state index is 0.0746. The Morgan fingerprint density at radius 3 is 2.64 bits per heavy atom. The van der Waals surface area contributed by atoms with Gasteiger partial charge in [0.15, 0.2) is 5.76 Å². The molecule has 2 amide bonds. The molecule has 33 heavy (non-hydrogen) atoms. The smallest absolute Gasteiger partial charge is 0.294 e. The number of furan rings is 1. The van der Waals surface area contributed by atoms with Gasteiger partial charge in [-0.3, -0.25) is 9.59 Å². The quantitative estimate of drug-likeness (QED) is 0.548. The molecule has 170 valence electrons. The fourth-order valence-corrected chi connectivity index (χ4v) is 4.17. The summed E-state index contributed by atoms with van der Waals surface area (Å²) in [5.41, 5.74) is 6.32. The van der Waals surface area contributed by atoms with E-state index in [1.54, 1.807) is 11.0 Å². The van der Waals surface area contributed by atoms with Gasteiger partial charge in [-0.25, -0.2) is 9.82 Å². The van der Waals surface area contributed by atoms with E-state index in [9.17, 15) is 14.0 Å². The summed E-state index contributed by atoms with van der Waals surface area (Å²) >= 11 is 0. The highest BCUT2D eigenvalue weighted by Gasteiger charge is 2.30. The van der Waals surface area contributed by atoms with E-state index in [0.717, 1.165) is 23.2 Å². The molecule has 1 aliphatic rings. The predicted octanol–water partition coefficient (Wildman–Crippen LogP) is 5.17. The molecule has 0 aliphatic heterocycles. The van der Waals surface area contributed by atoms with Crippen molar-refractivity contribution in [3.63, 3.8) is 0 Å². The number of carbonyl (C=O) groups excluding carboxylic acids is 2. The summed E-state index contributed by atoms with van der Waals surface area (Å²) in [4.78, 5) is 27.5. The Morgan fingerprint density at radius 2 is 1.91 bits per heavy atom. The molecule has 0 fully saturated rings. The van der Waals surface area contributed by atoms with Crippen LogP contribution >= 0.6 is 0 Å². The van der Waals surface area contributed by atoms with Gasteiger partial charge in [0, 0.05) is 29.8 Å². The second kappa shape index (κ2) is 9.40. The lowest BCUT2D eigenvalue weighted by atomic mass is 9.93. The van der Waals surface area contributed by atoms with Crippen LogP contribution in [-0.2, 0) is 6.42 Å². The first kappa shape index (κ1) is 22.5. The number of nitrogens with zero attached hydrogens (tertiary/aromatic N) is 2. The van der Waals surface area contributed by atoms with Gasteiger partial charge in [-0.15, -0.1) is 0 Å². The first-order chi connectivity index (χ1) is 15.9. The number of amides is 2. The Morgan fingerprint density at radius 1 is 1.12 bits per heavy atom. The topological polar surface area (TPSA) is 74.9 Å². The van der Waals surface area contributed by atoms with Crippen molar-refractivity contribution in [1.82, 2.24) is 5.43 Å². The zero-order valence-electron chi connectivity index (χ0n) is 18.9. The lowest BCUT2D eigenvalue weighted by Gasteiger charge is -2.20. The van der Waals surface area contributed by atoms with Gasteiger partial charge in [0.25, 0.3) is 11.8 Å². The van der Waals surface area contributed by atoms with E-state index in [1.807, 2.05) is 45.0 Å². The van der Waals surface area contributed by atoms with Crippen LogP contribution in [0.4, 0.5) is 10.1 Å². The number of carbonyl (C=O) groups is 2. The van der Waals surface area contributed by atoms with E-state index >= 15 is 0 Å². The second-order valence-electron chi connectivity index (χ2n) is 8.08. The number of nitrogens with one attached hydrogen (secondary N) is 1. The van der Waals surface area contributed by atoms with Crippen LogP contribution in [0.2, 0.25) is 0 Å². The molecule has 1 N–H and O–H groups in total. The lowest BCUT2D eigenvalue weighted by molar-refractivity contribution is 0.0946. The molecule has 1 aliphatic carbocycles. The van der Waals surface area contributed by atoms with Gasteiger partial charge in [0.2, 0.25) is 0 Å². The van der Waals surface area contributed by atoms with Crippen molar-refractivity contribution in [2.75, 3.05) is 11.4 Å². The Balaban J connectivity index is 1.63. The molecule has 0 saturated heterocycles. The van der Waals surface area contributed by atoms with E-state index in [4.69, 9.17) is 4.42 Å². The standard InChI is InChI=1S/C26H26FN3O3/c1-4-30(18-10-7-9-16(2)15-18)26(32)24-17(3)23-21(13-8-14-22(23)33-24)28-29-25(31)19-11-5-6-12-20(19)27/h5-7,9-12,15H,4,8,13-14H2,1-3H3,(H,29,31)/b28-21+. The van der Waals surface area contributed by atoms with E-state index in [0.29, 0.717) is 36.4 Å². The molecule has 0 bridgehead atoms. The van der Waals surface area contributed by atoms with Gasteiger partial charge >= 0.3 is 0 Å². The van der Waals surface area contributed by atoms with Crippen molar-refractivity contribution in [1.29, 1.82) is 0 Å². The maximum atomic E-state index is 13.9. The molecule has 0 spiro atoms. The molecule has 0 saturated carbocycles. The normalized spacial score (nSPS) is 14.1. The highest BCUT2D eigenvalue weighted by molar-refractivity contribution is 6.10. The SMILES string of the molecule is CCN(C(=O)c1oc2c(c1C)/C(=N/NC(=O)c1ccccc1F)CCC2)c1cccc(C)c1. The van der Waals surface area contributed by atoms with Crippen molar-refractivity contribution >= 4 is 23.2 Å². The zero-order valence-corrected chi connectivity index (χ0v) is 18.9. The molecule has 3 aromatic rings. The Kier molecular flexibility index (Phi) is 6.40. The third-order valence-corrected chi connectivity index (χ3v) is 5.81. The lowest BCUT2D eigenvalue weighted by Crippen LogP contribution is -2.31. The summed E-state index contributed by atoms with van der Waals surface area (Å²) in [6, 6.07) is 13.5. The van der Waals surface area contributed by atoms with Crippen molar-refractivity contribution in [3.8, 4) is 0 Å². The highest BCUT2D eigenvalue weighted by atomic mass is 19.1. The molecular formula is C26H26FN3O3. The largest absolute Gasteiger partial charge is 0.455 e. The van der Waals surface area contributed by atoms with Gasteiger partial charge in [0.05, 0.1) is 11.3 Å². The third kappa shape index (κ3) is 4.44. The van der Waals surface area contributed by atoms with Crippen LogP contribution in [0.5, 0.6) is 0 Å². The number of rotatable bonds is 5. The average Bonchev–Trinajstić information content (AvgIpc) is 3.15. The van der Waals surface area contributed by atoms with Crippen LogP contribution in [0, 0.1) is 19.7 Å². The van der Waals surface area contributed by atoms with Crippen LogP contribution in [0.15, 0.2) is 58.0 Å². The maximum absolute atomic E-state index is 13.9. The van der Waals surface area contributed by atoms with Crippen LogP contribution in [0.3, 0.4) is 0 Å². The fraction of sp³-hybridized carbons (Fsp3) is 0.269. The summed E-state index contributed by atoms with van der Waals surface area (Å²) in [6.07, 6.45) is 2.07. The molecule has 1 heterocycles. The molecule has 0 atom stereocenters. The first-order valence-electron chi connectivity index (χ1n) is 11.0. The Hall–Kier alpha value is -3.74. The van der Waals surface area contributed by atoms with Gasteiger partial charge in [-0.05, 0) is 63.4 Å². The molecule has 1 aromatic heterocycles. The second-order valence-corrected chi connectivity index (χ2v) is 8.08. The Bertz CT molecular complexity index is 1250. The number of halogens is 1. The number of hydrazone groups is 1. The number of hydrogen-bond acceptors (Lipinski definition) is 4. The molecule has 7 heteroatoms. The predicted molar refractivity (Wildman–Crippen MR) is 125 cm³/mol. The monoisotopic (exact) mass is 447 g/mol. The first-order valence-corrected chi connectivity index (χ1v) is 11.0.